The van der Waals surface area contributed by atoms with Crippen LogP contribution in [0.25, 0.3) is 11.3 Å². The van der Waals surface area contributed by atoms with Crippen molar-refractivity contribution >= 4 is 5.69 Å². The molecule has 0 saturated carbocycles. The number of imidazole rings is 1. The zero-order valence-electron chi connectivity index (χ0n) is 16.6. The summed E-state index contributed by atoms with van der Waals surface area (Å²) in [5.41, 5.74) is 5.89. The third-order valence-corrected chi connectivity index (χ3v) is 5.40. The van der Waals surface area contributed by atoms with Crippen LogP contribution in [0.3, 0.4) is 0 Å². The minimum Gasteiger partial charge on any atom is -0.457 e. The first kappa shape index (κ1) is 18.9. The van der Waals surface area contributed by atoms with Crippen LogP contribution in [0.5, 0.6) is 11.5 Å². The van der Waals surface area contributed by atoms with E-state index in [1.165, 1.54) is 0 Å². The van der Waals surface area contributed by atoms with Gasteiger partial charge in [-0.05, 0) is 42.8 Å². The van der Waals surface area contributed by atoms with E-state index < -0.39 is 0 Å². The smallest absolute Gasteiger partial charge is 0.273 e. The number of hydrogen-bond donors (Lipinski definition) is 1. The highest BCUT2D eigenvalue weighted by atomic mass is 16.6. The lowest BCUT2D eigenvalue weighted by Crippen LogP contribution is -2.28. The Kier molecular flexibility index (Phi) is 4.84. The van der Waals surface area contributed by atoms with Crippen molar-refractivity contribution in [3.63, 3.8) is 0 Å². The molecule has 1 N–H and O–H groups in total. The number of nitro benzene ring substituents is 1. The first-order valence-corrected chi connectivity index (χ1v) is 10.1. The summed E-state index contributed by atoms with van der Waals surface area (Å²) < 4.78 is 7.74. The van der Waals surface area contributed by atoms with Crippen LogP contribution in [0, 0.1) is 10.1 Å². The molecular formula is C24H20N4O3. The Labute approximate surface area is 179 Å². The molecule has 154 valence electrons. The number of rotatable bonds is 5. The monoisotopic (exact) mass is 412 g/mol. The first-order valence-electron chi connectivity index (χ1n) is 10.1. The Hall–Kier alpha value is -4.13. The number of aromatic nitrogens is 2. The lowest BCUT2D eigenvalue weighted by molar-refractivity contribution is -0.385. The summed E-state index contributed by atoms with van der Waals surface area (Å²) in [6.07, 6.45) is 2.68. The zero-order chi connectivity index (χ0) is 21.2. The molecule has 0 fully saturated rings. The summed E-state index contributed by atoms with van der Waals surface area (Å²) in [7, 11) is 0. The van der Waals surface area contributed by atoms with Crippen molar-refractivity contribution in [2.45, 2.75) is 12.3 Å². The number of benzene rings is 3. The number of nitrogens with zero attached hydrogens (tertiary/aromatic N) is 3. The van der Waals surface area contributed by atoms with Gasteiger partial charge in [-0.3, -0.25) is 14.8 Å². The quantitative estimate of drug-likeness (QED) is 0.354. The van der Waals surface area contributed by atoms with E-state index in [0.717, 1.165) is 35.0 Å². The molecule has 0 saturated heterocycles. The van der Waals surface area contributed by atoms with Gasteiger partial charge in [0.25, 0.3) is 5.69 Å². The number of ether oxygens (including phenoxy) is 1. The summed E-state index contributed by atoms with van der Waals surface area (Å²) in [4.78, 5) is 16.0. The molecule has 1 atom stereocenters. The van der Waals surface area contributed by atoms with E-state index in [2.05, 4.69) is 5.43 Å². The van der Waals surface area contributed by atoms with E-state index in [0.29, 0.717) is 12.1 Å². The maximum Gasteiger partial charge on any atom is 0.273 e. The molecule has 0 radical (unpaired) electrons. The van der Waals surface area contributed by atoms with E-state index in [4.69, 9.17) is 9.72 Å². The fourth-order valence-electron chi connectivity index (χ4n) is 3.93. The van der Waals surface area contributed by atoms with Crippen molar-refractivity contribution in [2.75, 3.05) is 12.0 Å². The third kappa shape index (κ3) is 3.73. The largest absolute Gasteiger partial charge is 0.457 e. The van der Waals surface area contributed by atoms with Gasteiger partial charge in [-0.25, -0.2) is 4.98 Å². The fourth-order valence-corrected chi connectivity index (χ4v) is 3.93. The summed E-state index contributed by atoms with van der Waals surface area (Å²) in [5.74, 6) is 2.16. The molecule has 7 nitrogen and oxygen atoms in total. The highest BCUT2D eigenvalue weighted by Crippen LogP contribution is 2.36. The van der Waals surface area contributed by atoms with E-state index in [1.54, 1.807) is 12.1 Å². The molecule has 7 heteroatoms. The van der Waals surface area contributed by atoms with Gasteiger partial charge in [0.1, 0.15) is 17.3 Å². The van der Waals surface area contributed by atoms with Crippen LogP contribution < -0.4 is 10.2 Å². The van der Waals surface area contributed by atoms with Gasteiger partial charge in [0.15, 0.2) is 0 Å². The minimum absolute atomic E-state index is 0.132. The maximum atomic E-state index is 11.5. The van der Waals surface area contributed by atoms with Gasteiger partial charge in [-0.1, -0.05) is 36.4 Å². The fraction of sp³-hybridized carbons (Fsp3) is 0.125. The van der Waals surface area contributed by atoms with Crippen molar-refractivity contribution in [2.24, 2.45) is 0 Å². The van der Waals surface area contributed by atoms with E-state index >= 15 is 0 Å². The normalized spacial score (nSPS) is 15.0. The van der Waals surface area contributed by atoms with Crippen LogP contribution in [-0.4, -0.2) is 21.1 Å². The molecule has 31 heavy (non-hydrogen) atoms. The zero-order valence-corrected chi connectivity index (χ0v) is 16.6. The standard InChI is InChI=1S/C24H20N4O3/c29-28(30)23-9-5-4-8-20(23)21-14-15-25-27-16-22(26-24(21)27)17-10-12-19(13-11-17)31-18-6-2-1-3-7-18/h1-13,16,21,25H,14-15H2. The summed E-state index contributed by atoms with van der Waals surface area (Å²) in [5, 5.41) is 11.5. The molecular weight excluding hydrogens is 392 g/mol. The van der Waals surface area contributed by atoms with Gasteiger partial charge in [-0.2, -0.15) is 0 Å². The number of para-hydroxylation sites is 2. The Morgan fingerprint density at radius 2 is 1.68 bits per heavy atom. The second-order valence-electron chi connectivity index (χ2n) is 7.36. The predicted octanol–water partition coefficient (Wildman–Crippen LogP) is 5.33. The molecule has 1 unspecified atom stereocenters. The highest BCUT2D eigenvalue weighted by Gasteiger charge is 2.30. The lowest BCUT2D eigenvalue weighted by atomic mass is 9.92. The lowest BCUT2D eigenvalue weighted by Gasteiger charge is -2.24. The minimum atomic E-state index is -0.322. The van der Waals surface area contributed by atoms with Crippen molar-refractivity contribution in [1.82, 2.24) is 9.66 Å². The molecule has 4 aromatic rings. The summed E-state index contributed by atoms with van der Waals surface area (Å²) in [6, 6.07) is 24.3. The molecule has 0 amide bonds. The van der Waals surface area contributed by atoms with Crippen molar-refractivity contribution in [1.29, 1.82) is 0 Å². The molecule has 0 spiro atoms. The average molecular weight is 412 g/mol. The molecule has 3 aromatic carbocycles. The second kappa shape index (κ2) is 7.95. The molecule has 5 rings (SSSR count). The van der Waals surface area contributed by atoms with Crippen LogP contribution in [0.4, 0.5) is 5.69 Å². The number of hydrogen-bond acceptors (Lipinski definition) is 5. The molecule has 0 aliphatic carbocycles. The molecule has 1 aromatic heterocycles. The number of nitrogens with one attached hydrogen (secondary N) is 1. The Bertz CT molecular complexity index is 1220. The summed E-state index contributed by atoms with van der Waals surface area (Å²) >= 11 is 0. The second-order valence-corrected chi connectivity index (χ2v) is 7.36. The topological polar surface area (TPSA) is 82.2 Å². The van der Waals surface area contributed by atoms with E-state index in [1.807, 2.05) is 77.6 Å². The van der Waals surface area contributed by atoms with Gasteiger partial charge in [-0.15, -0.1) is 0 Å². The van der Waals surface area contributed by atoms with E-state index in [-0.39, 0.29) is 16.5 Å². The van der Waals surface area contributed by atoms with Crippen LogP contribution in [0.15, 0.2) is 85.1 Å². The molecule has 0 bridgehead atoms. The van der Waals surface area contributed by atoms with Gasteiger partial charge >= 0.3 is 0 Å². The SMILES string of the molecule is O=[N+]([O-])c1ccccc1C1CCNn2cc(-c3ccc(Oc4ccccc4)cc3)nc21. The van der Waals surface area contributed by atoms with Gasteiger partial charge in [0.05, 0.1) is 22.7 Å². The molecule has 1 aliphatic rings. The van der Waals surface area contributed by atoms with E-state index in [9.17, 15) is 10.1 Å². The van der Waals surface area contributed by atoms with Crippen LogP contribution in [0.2, 0.25) is 0 Å². The van der Waals surface area contributed by atoms with Gasteiger partial charge in [0, 0.05) is 23.7 Å². The molecule has 2 heterocycles. The first-order chi connectivity index (χ1) is 15.2. The summed E-state index contributed by atoms with van der Waals surface area (Å²) in [6.45, 7) is 0.712. The number of nitro groups is 1. The Morgan fingerprint density at radius 3 is 2.45 bits per heavy atom. The van der Waals surface area contributed by atoms with Crippen molar-refractivity contribution < 1.29 is 9.66 Å². The Balaban J connectivity index is 1.44. The highest BCUT2D eigenvalue weighted by molar-refractivity contribution is 5.61. The third-order valence-electron chi connectivity index (χ3n) is 5.40. The number of fused-ring (bicyclic) bond motifs is 1. The molecule has 1 aliphatic heterocycles. The maximum absolute atomic E-state index is 11.5. The van der Waals surface area contributed by atoms with Crippen molar-refractivity contribution in [3.8, 4) is 22.8 Å². The predicted molar refractivity (Wildman–Crippen MR) is 118 cm³/mol. The Morgan fingerprint density at radius 1 is 0.968 bits per heavy atom. The average Bonchev–Trinajstić information content (AvgIpc) is 3.25. The van der Waals surface area contributed by atoms with Crippen molar-refractivity contribution in [3.05, 3.63) is 107 Å². The van der Waals surface area contributed by atoms with Crippen LogP contribution in [-0.2, 0) is 0 Å². The van der Waals surface area contributed by atoms with Gasteiger partial charge < -0.3 is 10.2 Å². The van der Waals surface area contributed by atoms with Crippen LogP contribution >= 0.6 is 0 Å². The van der Waals surface area contributed by atoms with Crippen LogP contribution in [0.1, 0.15) is 23.7 Å². The van der Waals surface area contributed by atoms with Gasteiger partial charge in [0.2, 0.25) is 0 Å².